The number of aromatic nitrogens is 1. The van der Waals surface area contributed by atoms with E-state index in [-0.39, 0.29) is 11.7 Å². The number of rotatable bonds is 2. The minimum Gasteiger partial charge on any atom is -0.508 e. The van der Waals surface area contributed by atoms with Crippen LogP contribution in [-0.2, 0) is 0 Å². The predicted molar refractivity (Wildman–Crippen MR) is 66.6 cm³/mol. The molecule has 0 aliphatic carbocycles. The molecular formula is C12H11ClN2O2. The number of H-pyrrole nitrogens is 1. The first-order chi connectivity index (χ1) is 8.06. The maximum Gasteiger partial charge on any atom is 0.272 e. The second-order valence-electron chi connectivity index (χ2n) is 3.69. The van der Waals surface area contributed by atoms with Crippen LogP contribution in [0.5, 0.6) is 5.75 Å². The molecule has 0 aliphatic rings. The molecule has 0 fully saturated rings. The number of benzene rings is 1. The van der Waals surface area contributed by atoms with Crippen LogP contribution in [-0.4, -0.2) is 16.0 Å². The first kappa shape index (κ1) is 11.5. The Balaban J connectivity index is 2.15. The summed E-state index contributed by atoms with van der Waals surface area (Å²) in [6.45, 7) is 1.78. The van der Waals surface area contributed by atoms with E-state index in [0.29, 0.717) is 16.4 Å². The van der Waals surface area contributed by atoms with Gasteiger partial charge < -0.3 is 15.4 Å². The van der Waals surface area contributed by atoms with Crippen LogP contribution in [0.3, 0.4) is 0 Å². The quantitative estimate of drug-likeness (QED) is 0.767. The van der Waals surface area contributed by atoms with Gasteiger partial charge in [-0.1, -0.05) is 17.7 Å². The summed E-state index contributed by atoms with van der Waals surface area (Å²) in [6.07, 6.45) is 1.53. The summed E-state index contributed by atoms with van der Waals surface area (Å²) in [7, 11) is 0. The van der Waals surface area contributed by atoms with E-state index in [1.54, 1.807) is 19.1 Å². The molecule has 2 aromatic rings. The van der Waals surface area contributed by atoms with Gasteiger partial charge in [-0.15, -0.1) is 0 Å². The summed E-state index contributed by atoms with van der Waals surface area (Å²) in [5.74, 6) is -0.160. The van der Waals surface area contributed by atoms with Gasteiger partial charge in [-0.2, -0.15) is 0 Å². The molecule has 1 heterocycles. The number of hydrogen-bond acceptors (Lipinski definition) is 2. The lowest BCUT2D eigenvalue weighted by Gasteiger charge is -2.05. The fourth-order valence-electron chi connectivity index (χ4n) is 1.38. The molecule has 2 rings (SSSR count). The third kappa shape index (κ3) is 2.60. The van der Waals surface area contributed by atoms with Gasteiger partial charge in [0.05, 0.1) is 5.02 Å². The SMILES string of the molecule is Cc1ccc(NC(=O)c2cc(Cl)c[nH]2)cc1O. The largest absolute Gasteiger partial charge is 0.508 e. The number of carbonyl (C=O) groups excluding carboxylic acids is 1. The number of halogens is 1. The van der Waals surface area contributed by atoms with E-state index >= 15 is 0 Å². The lowest BCUT2D eigenvalue weighted by Crippen LogP contribution is -2.12. The van der Waals surface area contributed by atoms with Crippen LogP contribution in [0.15, 0.2) is 30.5 Å². The molecule has 0 spiro atoms. The summed E-state index contributed by atoms with van der Waals surface area (Å²) in [5, 5.41) is 12.6. The van der Waals surface area contributed by atoms with E-state index in [1.165, 1.54) is 18.3 Å². The number of anilines is 1. The third-order valence-corrected chi connectivity index (χ3v) is 2.58. The topological polar surface area (TPSA) is 65.1 Å². The highest BCUT2D eigenvalue weighted by Crippen LogP contribution is 2.21. The molecule has 0 unspecified atom stereocenters. The van der Waals surface area contributed by atoms with E-state index in [2.05, 4.69) is 10.3 Å². The second-order valence-corrected chi connectivity index (χ2v) is 4.12. The zero-order chi connectivity index (χ0) is 12.4. The third-order valence-electron chi connectivity index (χ3n) is 2.36. The standard InChI is InChI=1S/C12H11ClN2O2/c1-7-2-3-9(5-11(7)16)15-12(17)10-4-8(13)6-14-10/h2-6,14,16H,1H3,(H,15,17). The number of aryl methyl sites for hydroxylation is 1. The van der Waals surface area contributed by atoms with Crippen molar-refractivity contribution in [3.05, 3.63) is 46.7 Å². The van der Waals surface area contributed by atoms with Crippen LogP contribution in [0.4, 0.5) is 5.69 Å². The zero-order valence-electron chi connectivity index (χ0n) is 9.12. The van der Waals surface area contributed by atoms with Gasteiger partial charge in [0.1, 0.15) is 11.4 Å². The Kier molecular flexibility index (Phi) is 3.06. The highest BCUT2D eigenvalue weighted by Gasteiger charge is 2.08. The average molecular weight is 251 g/mol. The Morgan fingerprint density at radius 3 is 2.76 bits per heavy atom. The summed E-state index contributed by atoms with van der Waals surface area (Å²) in [5.41, 5.74) is 1.66. The van der Waals surface area contributed by atoms with Crippen molar-refractivity contribution in [2.75, 3.05) is 5.32 Å². The number of amides is 1. The predicted octanol–water partition coefficient (Wildman–Crippen LogP) is 2.93. The molecule has 0 saturated heterocycles. The van der Waals surface area contributed by atoms with Crippen LogP contribution >= 0.6 is 11.6 Å². The van der Waals surface area contributed by atoms with Gasteiger partial charge in [0.2, 0.25) is 0 Å². The molecule has 1 aromatic heterocycles. The summed E-state index contributed by atoms with van der Waals surface area (Å²) >= 11 is 5.70. The maximum absolute atomic E-state index is 11.7. The van der Waals surface area contributed by atoms with Crippen LogP contribution in [0, 0.1) is 6.92 Å². The monoisotopic (exact) mass is 250 g/mol. The molecule has 1 amide bonds. The van der Waals surface area contributed by atoms with Crippen LogP contribution < -0.4 is 5.32 Å². The molecular weight excluding hydrogens is 240 g/mol. The number of aromatic amines is 1. The van der Waals surface area contributed by atoms with Crippen molar-refractivity contribution < 1.29 is 9.90 Å². The lowest BCUT2D eigenvalue weighted by molar-refractivity contribution is 0.102. The van der Waals surface area contributed by atoms with E-state index < -0.39 is 0 Å². The zero-order valence-corrected chi connectivity index (χ0v) is 9.88. The van der Waals surface area contributed by atoms with Crippen molar-refractivity contribution in [1.82, 2.24) is 4.98 Å². The molecule has 17 heavy (non-hydrogen) atoms. The fourth-order valence-corrected chi connectivity index (χ4v) is 1.55. The smallest absolute Gasteiger partial charge is 0.272 e. The minimum absolute atomic E-state index is 0.146. The molecule has 4 nitrogen and oxygen atoms in total. The molecule has 0 aliphatic heterocycles. The molecule has 0 saturated carbocycles. The summed E-state index contributed by atoms with van der Waals surface area (Å²) < 4.78 is 0. The van der Waals surface area contributed by atoms with Crippen LogP contribution in [0.1, 0.15) is 16.1 Å². The molecule has 5 heteroatoms. The van der Waals surface area contributed by atoms with Crippen molar-refractivity contribution in [2.45, 2.75) is 6.92 Å². The summed E-state index contributed by atoms with van der Waals surface area (Å²) in [4.78, 5) is 14.5. The summed E-state index contributed by atoms with van der Waals surface area (Å²) in [6, 6.07) is 6.48. The van der Waals surface area contributed by atoms with E-state index in [9.17, 15) is 9.90 Å². The number of hydrogen-bond donors (Lipinski definition) is 3. The first-order valence-corrected chi connectivity index (χ1v) is 5.39. The van der Waals surface area contributed by atoms with Gasteiger partial charge >= 0.3 is 0 Å². The van der Waals surface area contributed by atoms with Crippen LogP contribution in [0.25, 0.3) is 0 Å². The molecule has 0 bridgehead atoms. The number of aromatic hydroxyl groups is 1. The second kappa shape index (κ2) is 4.51. The van der Waals surface area contributed by atoms with Crippen molar-refractivity contribution in [3.63, 3.8) is 0 Å². The maximum atomic E-state index is 11.7. The highest BCUT2D eigenvalue weighted by molar-refractivity contribution is 6.31. The Bertz CT molecular complexity index is 563. The molecule has 3 N–H and O–H groups in total. The number of nitrogens with one attached hydrogen (secondary N) is 2. The fraction of sp³-hybridized carbons (Fsp3) is 0.0833. The lowest BCUT2D eigenvalue weighted by atomic mass is 10.2. The van der Waals surface area contributed by atoms with Gasteiger partial charge in [-0.25, -0.2) is 0 Å². The van der Waals surface area contributed by atoms with Gasteiger partial charge in [0.25, 0.3) is 5.91 Å². The van der Waals surface area contributed by atoms with E-state index in [0.717, 1.165) is 5.56 Å². The van der Waals surface area contributed by atoms with Gasteiger partial charge in [-0.05, 0) is 24.6 Å². The van der Waals surface area contributed by atoms with Crippen molar-refractivity contribution in [1.29, 1.82) is 0 Å². The van der Waals surface area contributed by atoms with E-state index in [1.807, 2.05) is 0 Å². The van der Waals surface area contributed by atoms with E-state index in [4.69, 9.17) is 11.6 Å². The van der Waals surface area contributed by atoms with Crippen molar-refractivity contribution in [2.24, 2.45) is 0 Å². The Labute approximate surface area is 103 Å². The molecule has 1 aromatic carbocycles. The normalized spacial score (nSPS) is 10.2. The van der Waals surface area contributed by atoms with Crippen molar-refractivity contribution >= 4 is 23.2 Å². The molecule has 88 valence electrons. The molecule has 0 radical (unpaired) electrons. The van der Waals surface area contributed by atoms with Gasteiger partial charge in [0.15, 0.2) is 0 Å². The Morgan fingerprint density at radius 1 is 1.41 bits per heavy atom. The van der Waals surface area contributed by atoms with Crippen LogP contribution in [0.2, 0.25) is 5.02 Å². The Morgan fingerprint density at radius 2 is 2.18 bits per heavy atom. The Hall–Kier alpha value is -1.94. The minimum atomic E-state index is -0.305. The number of carbonyl (C=O) groups is 1. The first-order valence-electron chi connectivity index (χ1n) is 5.01. The van der Waals surface area contributed by atoms with Gasteiger partial charge in [-0.3, -0.25) is 4.79 Å². The number of phenols is 1. The van der Waals surface area contributed by atoms with Gasteiger partial charge in [0, 0.05) is 18.0 Å². The number of phenolic OH excluding ortho intramolecular Hbond substituents is 1. The average Bonchev–Trinajstić information content (AvgIpc) is 2.70. The highest BCUT2D eigenvalue weighted by atomic mass is 35.5. The molecule has 0 atom stereocenters. The van der Waals surface area contributed by atoms with Crippen molar-refractivity contribution in [3.8, 4) is 5.75 Å².